The quantitative estimate of drug-likeness (QED) is 0.818. The number of amides is 1. The van der Waals surface area contributed by atoms with Gasteiger partial charge in [-0.05, 0) is 48.9 Å². The molecule has 0 spiro atoms. The van der Waals surface area contributed by atoms with E-state index in [2.05, 4.69) is 29.6 Å². The first-order valence-electron chi connectivity index (χ1n) is 8.38. The standard InChI is InChI=1S/C20H23NO2/c22-20(14-7-15-23-17-10-2-1-3-11-17)21-19-13-6-9-16-8-4-5-12-18(16)19/h1-5,8,10-12,19H,6-7,9,13-15H2,(H,21,22)/t19-/m1/s1. The van der Waals surface area contributed by atoms with E-state index in [1.807, 2.05) is 30.3 Å². The smallest absolute Gasteiger partial charge is 0.220 e. The van der Waals surface area contributed by atoms with Crippen molar-refractivity contribution < 1.29 is 9.53 Å². The summed E-state index contributed by atoms with van der Waals surface area (Å²) in [4.78, 5) is 12.2. The van der Waals surface area contributed by atoms with Crippen LogP contribution < -0.4 is 10.1 Å². The van der Waals surface area contributed by atoms with Gasteiger partial charge in [0.15, 0.2) is 0 Å². The van der Waals surface area contributed by atoms with E-state index in [-0.39, 0.29) is 11.9 Å². The van der Waals surface area contributed by atoms with Crippen molar-refractivity contribution in [3.63, 3.8) is 0 Å². The number of para-hydroxylation sites is 1. The highest BCUT2D eigenvalue weighted by Crippen LogP contribution is 2.29. The number of aryl methyl sites for hydroxylation is 1. The molecule has 1 aliphatic carbocycles. The van der Waals surface area contributed by atoms with E-state index in [0.717, 1.165) is 31.4 Å². The number of carbonyl (C=O) groups excluding carboxylic acids is 1. The van der Waals surface area contributed by atoms with E-state index in [4.69, 9.17) is 4.74 Å². The summed E-state index contributed by atoms with van der Waals surface area (Å²) >= 11 is 0. The van der Waals surface area contributed by atoms with E-state index in [9.17, 15) is 4.79 Å². The van der Waals surface area contributed by atoms with Gasteiger partial charge in [0.25, 0.3) is 0 Å². The first-order valence-corrected chi connectivity index (χ1v) is 8.38. The predicted molar refractivity (Wildman–Crippen MR) is 91.4 cm³/mol. The lowest BCUT2D eigenvalue weighted by Gasteiger charge is -2.26. The van der Waals surface area contributed by atoms with Crippen LogP contribution in [-0.4, -0.2) is 12.5 Å². The molecule has 1 amide bonds. The van der Waals surface area contributed by atoms with Gasteiger partial charge in [0.1, 0.15) is 5.75 Å². The Hall–Kier alpha value is -2.29. The number of hydrogen-bond acceptors (Lipinski definition) is 2. The molecular formula is C20H23NO2. The molecule has 0 aliphatic heterocycles. The van der Waals surface area contributed by atoms with E-state index in [1.165, 1.54) is 11.1 Å². The molecule has 0 heterocycles. The molecule has 2 aromatic rings. The fourth-order valence-electron chi connectivity index (χ4n) is 3.11. The summed E-state index contributed by atoms with van der Waals surface area (Å²) in [6.45, 7) is 0.568. The molecule has 0 bridgehead atoms. The second-order valence-electron chi connectivity index (χ2n) is 5.98. The van der Waals surface area contributed by atoms with Crippen LogP contribution in [0.15, 0.2) is 54.6 Å². The van der Waals surface area contributed by atoms with Crippen molar-refractivity contribution in [2.45, 2.75) is 38.1 Å². The van der Waals surface area contributed by atoms with Gasteiger partial charge < -0.3 is 10.1 Å². The first kappa shape index (κ1) is 15.6. The summed E-state index contributed by atoms with van der Waals surface area (Å²) in [6, 6.07) is 18.3. The molecular weight excluding hydrogens is 286 g/mol. The normalized spacial score (nSPS) is 16.4. The van der Waals surface area contributed by atoms with Gasteiger partial charge >= 0.3 is 0 Å². The van der Waals surface area contributed by atoms with Gasteiger partial charge in [0, 0.05) is 6.42 Å². The van der Waals surface area contributed by atoms with Crippen LogP contribution in [0, 0.1) is 0 Å². The molecule has 3 heteroatoms. The predicted octanol–water partition coefficient (Wildman–Crippen LogP) is 4.04. The average molecular weight is 309 g/mol. The molecule has 1 N–H and O–H groups in total. The lowest BCUT2D eigenvalue weighted by atomic mass is 9.87. The molecule has 1 atom stereocenters. The van der Waals surface area contributed by atoms with Crippen molar-refractivity contribution in [2.24, 2.45) is 0 Å². The van der Waals surface area contributed by atoms with Crippen molar-refractivity contribution in [3.05, 3.63) is 65.7 Å². The van der Waals surface area contributed by atoms with Crippen LogP contribution in [-0.2, 0) is 11.2 Å². The van der Waals surface area contributed by atoms with E-state index >= 15 is 0 Å². The monoisotopic (exact) mass is 309 g/mol. The summed E-state index contributed by atoms with van der Waals surface area (Å²) in [5.74, 6) is 0.970. The third-order valence-corrected chi connectivity index (χ3v) is 4.26. The molecule has 0 aromatic heterocycles. The van der Waals surface area contributed by atoms with Gasteiger partial charge in [0.2, 0.25) is 5.91 Å². The largest absolute Gasteiger partial charge is 0.494 e. The first-order chi connectivity index (χ1) is 11.3. The molecule has 0 radical (unpaired) electrons. The lowest BCUT2D eigenvalue weighted by Crippen LogP contribution is -2.31. The molecule has 23 heavy (non-hydrogen) atoms. The molecule has 0 saturated carbocycles. The Morgan fingerprint density at radius 3 is 2.74 bits per heavy atom. The highest BCUT2D eigenvalue weighted by molar-refractivity contribution is 5.76. The molecule has 0 unspecified atom stereocenters. The highest BCUT2D eigenvalue weighted by Gasteiger charge is 2.20. The van der Waals surface area contributed by atoms with Crippen LogP contribution in [0.25, 0.3) is 0 Å². The molecule has 0 fully saturated rings. The zero-order valence-corrected chi connectivity index (χ0v) is 13.3. The number of nitrogens with one attached hydrogen (secondary N) is 1. The molecule has 3 rings (SSSR count). The van der Waals surface area contributed by atoms with E-state index in [1.54, 1.807) is 0 Å². The van der Waals surface area contributed by atoms with Gasteiger partial charge in [-0.1, -0.05) is 42.5 Å². The van der Waals surface area contributed by atoms with Gasteiger partial charge in [-0.2, -0.15) is 0 Å². The maximum absolute atomic E-state index is 12.2. The van der Waals surface area contributed by atoms with Crippen LogP contribution >= 0.6 is 0 Å². The average Bonchev–Trinajstić information content (AvgIpc) is 2.60. The summed E-state index contributed by atoms with van der Waals surface area (Å²) < 4.78 is 5.62. The maximum Gasteiger partial charge on any atom is 0.220 e. The number of benzene rings is 2. The maximum atomic E-state index is 12.2. The summed E-state index contributed by atoms with van der Waals surface area (Å²) in [5.41, 5.74) is 2.66. The van der Waals surface area contributed by atoms with Crippen LogP contribution in [0.3, 0.4) is 0 Å². The summed E-state index contributed by atoms with van der Waals surface area (Å²) in [5, 5.41) is 3.18. The van der Waals surface area contributed by atoms with Crippen molar-refractivity contribution >= 4 is 5.91 Å². The Morgan fingerprint density at radius 2 is 1.87 bits per heavy atom. The molecule has 2 aromatic carbocycles. The van der Waals surface area contributed by atoms with Crippen molar-refractivity contribution in [1.29, 1.82) is 0 Å². The Morgan fingerprint density at radius 1 is 1.09 bits per heavy atom. The number of ether oxygens (including phenoxy) is 1. The zero-order chi connectivity index (χ0) is 15.9. The fraction of sp³-hybridized carbons (Fsp3) is 0.350. The minimum Gasteiger partial charge on any atom is -0.494 e. The SMILES string of the molecule is O=C(CCCOc1ccccc1)N[C@@H]1CCCc2ccccc21. The molecule has 3 nitrogen and oxygen atoms in total. The van der Waals surface area contributed by atoms with Crippen LogP contribution in [0.5, 0.6) is 5.75 Å². The number of hydrogen-bond donors (Lipinski definition) is 1. The topological polar surface area (TPSA) is 38.3 Å². The van der Waals surface area contributed by atoms with Crippen LogP contribution in [0.1, 0.15) is 42.9 Å². The van der Waals surface area contributed by atoms with Gasteiger partial charge in [0.05, 0.1) is 12.6 Å². The van der Waals surface area contributed by atoms with Crippen molar-refractivity contribution in [3.8, 4) is 5.75 Å². The van der Waals surface area contributed by atoms with Crippen molar-refractivity contribution in [1.82, 2.24) is 5.32 Å². The minimum absolute atomic E-state index is 0.114. The molecule has 1 aliphatic rings. The third-order valence-electron chi connectivity index (χ3n) is 4.26. The van der Waals surface area contributed by atoms with Crippen LogP contribution in [0.4, 0.5) is 0 Å². The number of carbonyl (C=O) groups is 1. The fourth-order valence-corrected chi connectivity index (χ4v) is 3.11. The minimum atomic E-state index is 0.114. The Kier molecular flexibility index (Phi) is 5.30. The Balaban J connectivity index is 1.43. The second-order valence-corrected chi connectivity index (χ2v) is 5.98. The second kappa shape index (κ2) is 7.82. The van der Waals surface area contributed by atoms with Crippen LogP contribution in [0.2, 0.25) is 0 Å². The van der Waals surface area contributed by atoms with Gasteiger partial charge in [-0.3, -0.25) is 4.79 Å². The number of rotatable bonds is 6. The Labute approximate surface area is 137 Å². The summed E-state index contributed by atoms with van der Waals surface area (Å²) in [6.07, 6.45) is 4.52. The van der Waals surface area contributed by atoms with Crippen molar-refractivity contribution in [2.75, 3.05) is 6.61 Å². The van der Waals surface area contributed by atoms with Gasteiger partial charge in [-0.15, -0.1) is 0 Å². The molecule has 0 saturated heterocycles. The Bertz CT molecular complexity index is 639. The lowest BCUT2D eigenvalue weighted by molar-refractivity contribution is -0.122. The number of fused-ring (bicyclic) bond motifs is 1. The third kappa shape index (κ3) is 4.35. The van der Waals surface area contributed by atoms with E-state index < -0.39 is 0 Å². The van der Waals surface area contributed by atoms with Gasteiger partial charge in [-0.25, -0.2) is 0 Å². The molecule has 120 valence electrons. The summed E-state index contributed by atoms with van der Waals surface area (Å²) in [7, 11) is 0. The zero-order valence-electron chi connectivity index (χ0n) is 13.3. The van der Waals surface area contributed by atoms with E-state index in [0.29, 0.717) is 13.0 Å². The highest BCUT2D eigenvalue weighted by atomic mass is 16.5.